The lowest BCUT2D eigenvalue weighted by Gasteiger charge is -2.59. The number of imidazole rings is 1. The molecule has 23 heavy (non-hydrogen) atoms. The van der Waals surface area contributed by atoms with E-state index >= 15 is 0 Å². The van der Waals surface area contributed by atoms with Crippen LogP contribution >= 0.6 is 0 Å². The van der Waals surface area contributed by atoms with E-state index < -0.39 is 0 Å². The normalized spacial score (nSPS) is 28.5. The van der Waals surface area contributed by atoms with E-state index in [9.17, 15) is 4.79 Å². The van der Waals surface area contributed by atoms with Gasteiger partial charge in [0.15, 0.2) is 0 Å². The van der Waals surface area contributed by atoms with E-state index in [4.69, 9.17) is 4.74 Å². The van der Waals surface area contributed by atoms with Crippen LogP contribution in [0.3, 0.4) is 0 Å². The number of nitrogens with one attached hydrogen (secondary N) is 2. The topological polar surface area (TPSA) is 68.2 Å². The average molecular weight is 320 g/mol. The number of nitrogens with zero attached hydrogens (tertiary/aromatic N) is 2. The number of hydrogen-bond acceptors (Lipinski definition) is 3. The smallest absolute Gasteiger partial charge is 0.315 e. The highest BCUT2D eigenvalue weighted by Crippen LogP contribution is 2.51. The number of ether oxygens (including phenoxy) is 1. The van der Waals surface area contributed by atoms with Crippen molar-refractivity contribution in [1.82, 2.24) is 20.2 Å². The first kappa shape index (κ1) is 16.3. The Hall–Kier alpha value is -1.56. The monoisotopic (exact) mass is 320 g/mol. The summed E-state index contributed by atoms with van der Waals surface area (Å²) in [6.07, 6.45) is 10.1. The fraction of sp³-hybridized carbons (Fsp3) is 0.765. The number of fused-ring (bicyclic) bond motifs is 1. The Morgan fingerprint density at radius 3 is 3.09 bits per heavy atom. The third kappa shape index (κ3) is 3.52. The second-order valence-electron chi connectivity index (χ2n) is 7.30. The number of amides is 2. The molecule has 1 saturated carbocycles. The number of carbonyl (C=O) groups is 1. The highest BCUT2D eigenvalue weighted by Gasteiger charge is 2.58. The van der Waals surface area contributed by atoms with Crippen molar-refractivity contribution in [3.05, 3.63) is 18.7 Å². The summed E-state index contributed by atoms with van der Waals surface area (Å²) in [5.41, 5.74) is 0.0316. The third-order valence-corrected chi connectivity index (χ3v) is 5.31. The maximum absolute atomic E-state index is 12.1. The quantitative estimate of drug-likeness (QED) is 0.789. The summed E-state index contributed by atoms with van der Waals surface area (Å²) in [5, 5.41) is 6.14. The van der Waals surface area contributed by atoms with Crippen LogP contribution in [0.15, 0.2) is 18.7 Å². The van der Waals surface area contributed by atoms with Crippen molar-refractivity contribution >= 4 is 6.03 Å². The van der Waals surface area contributed by atoms with Gasteiger partial charge in [0.1, 0.15) is 0 Å². The summed E-state index contributed by atoms with van der Waals surface area (Å²) in [4.78, 5) is 16.1. The van der Waals surface area contributed by atoms with E-state index in [2.05, 4.69) is 34.0 Å². The van der Waals surface area contributed by atoms with Gasteiger partial charge in [-0.3, -0.25) is 0 Å². The Morgan fingerprint density at radius 1 is 1.43 bits per heavy atom. The van der Waals surface area contributed by atoms with Gasteiger partial charge in [0, 0.05) is 49.5 Å². The number of hydrogen-bond donors (Lipinski definition) is 2. The molecule has 2 fully saturated rings. The van der Waals surface area contributed by atoms with Crippen molar-refractivity contribution in [2.45, 2.75) is 58.2 Å². The highest BCUT2D eigenvalue weighted by atomic mass is 16.5. The average Bonchev–Trinajstić information content (AvgIpc) is 3.06. The molecule has 2 heterocycles. The fourth-order valence-corrected chi connectivity index (χ4v) is 4.05. The van der Waals surface area contributed by atoms with Crippen molar-refractivity contribution < 1.29 is 9.53 Å². The minimum atomic E-state index is -0.0465. The summed E-state index contributed by atoms with van der Waals surface area (Å²) in [5.74, 6) is 0.478. The second kappa shape index (κ2) is 6.91. The summed E-state index contributed by atoms with van der Waals surface area (Å²) < 4.78 is 7.93. The third-order valence-electron chi connectivity index (χ3n) is 5.31. The van der Waals surface area contributed by atoms with Gasteiger partial charge >= 0.3 is 6.03 Å². The lowest BCUT2D eigenvalue weighted by molar-refractivity contribution is -0.189. The van der Waals surface area contributed by atoms with Gasteiger partial charge in [0.25, 0.3) is 0 Å². The van der Waals surface area contributed by atoms with Crippen LogP contribution in [-0.4, -0.2) is 40.9 Å². The Labute approximate surface area is 138 Å². The molecule has 0 unspecified atom stereocenters. The summed E-state index contributed by atoms with van der Waals surface area (Å²) >= 11 is 0. The Balaban J connectivity index is 1.34. The molecular weight excluding hydrogens is 292 g/mol. The standard InChI is InChI=1S/C17H28N4O2/c1-17(2)14(13-6-5-11-23-15(13)17)20-16(22)19-7-3-4-9-21-10-8-18-12-21/h8,10,12-15H,3-7,9,11H2,1-2H3,(H2,19,20,22)/t13-,14+,15-/m0/s1. The van der Waals surface area contributed by atoms with Crippen molar-refractivity contribution in [2.75, 3.05) is 13.2 Å². The Morgan fingerprint density at radius 2 is 2.30 bits per heavy atom. The molecule has 2 amide bonds. The molecule has 2 N–H and O–H groups in total. The molecule has 1 aliphatic carbocycles. The lowest BCUT2D eigenvalue weighted by atomic mass is 9.55. The fourth-order valence-electron chi connectivity index (χ4n) is 4.05. The molecule has 2 aliphatic rings. The highest BCUT2D eigenvalue weighted by molar-refractivity contribution is 5.74. The number of rotatable bonds is 6. The molecule has 1 saturated heterocycles. The molecule has 3 rings (SSSR count). The van der Waals surface area contributed by atoms with Gasteiger partial charge in [0.2, 0.25) is 0 Å². The Bertz CT molecular complexity index is 515. The van der Waals surface area contributed by atoms with E-state index in [1.54, 1.807) is 6.20 Å². The minimum Gasteiger partial charge on any atom is -0.377 e. The van der Waals surface area contributed by atoms with Crippen LogP contribution in [0.4, 0.5) is 4.79 Å². The van der Waals surface area contributed by atoms with Crippen LogP contribution in [0.25, 0.3) is 0 Å². The van der Waals surface area contributed by atoms with E-state index in [1.807, 2.05) is 12.5 Å². The molecule has 6 heteroatoms. The predicted octanol–water partition coefficient (Wildman–Crippen LogP) is 2.17. The summed E-state index contributed by atoms with van der Waals surface area (Å²) in [6, 6.07) is 0.175. The van der Waals surface area contributed by atoms with Crippen molar-refractivity contribution in [2.24, 2.45) is 11.3 Å². The van der Waals surface area contributed by atoms with Crippen LogP contribution in [0.2, 0.25) is 0 Å². The minimum absolute atomic E-state index is 0.0316. The first-order chi connectivity index (χ1) is 11.1. The molecule has 3 atom stereocenters. The van der Waals surface area contributed by atoms with Crippen LogP contribution in [-0.2, 0) is 11.3 Å². The van der Waals surface area contributed by atoms with Crippen molar-refractivity contribution in [1.29, 1.82) is 0 Å². The van der Waals surface area contributed by atoms with Crippen molar-refractivity contribution in [3.8, 4) is 0 Å². The number of carbonyl (C=O) groups excluding carboxylic acids is 1. The largest absolute Gasteiger partial charge is 0.377 e. The van der Waals surface area contributed by atoms with Gasteiger partial charge in [0.05, 0.1) is 12.4 Å². The molecule has 0 bridgehead atoms. The lowest BCUT2D eigenvalue weighted by Crippen LogP contribution is -2.70. The van der Waals surface area contributed by atoms with Gasteiger partial charge < -0.3 is 19.9 Å². The van der Waals surface area contributed by atoms with Gasteiger partial charge in [-0.05, 0) is 25.7 Å². The van der Waals surface area contributed by atoms with Gasteiger partial charge in [-0.1, -0.05) is 13.8 Å². The number of aryl methyl sites for hydroxylation is 1. The molecule has 6 nitrogen and oxygen atoms in total. The maximum Gasteiger partial charge on any atom is 0.315 e. The van der Waals surface area contributed by atoms with Gasteiger partial charge in [-0.15, -0.1) is 0 Å². The first-order valence-corrected chi connectivity index (χ1v) is 8.71. The van der Waals surface area contributed by atoms with Crippen molar-refractivity contribution in [3.63, 3.8) is 0 Å². The zero-order chi connectivity index (χ0) is 16.3. The predicted molar refractivity (Wildman–Crippen MR) is 88.0 cm³/mol. The van der Waals surface area contributed by atoms with Gasteiger partial charge in [-0.2, -0.15) is 0 Å². The zero-order valence-corrected chi connectivity index (χ0v) is 14.1. The second-order valence-corrected chi connectivity index (χ2v) is 7.30. The molecular formula is C17H28N4O2. The Kier molecular flexibility index (Phi) is 4.90. The summed E-state index contributed by atoms with van der Waals surface area (Å²) in [6.45, 7) is 6.89. The molecule has 0 aromatic carbocycles. The van der Waals surface area contributed by atoms with E-state index in [-0.39, 0.29) is 17.5 Å². The number of aromatic nitrogens is 2. The van der Waals surface area contributed by atoms with Crippen LogP contribution in [0.5, 0.6) is 0 Å². The van der Waals surface area contributed by atoms with E-state index in [0.29, 0.717) is 18.6 Å². The molecule has 1 aliphatic heterocycles. The first-order valence-electron chi connectivity index (χ1n) is 8.71. The van der Waals surface area contributed by atoms with E-state index in [0.717, 1.165) is 38.8 Å². The molecule has 1 aromatic rings. The summed E-state index contributed by atoms with van der Waals surface area (Å²) in [7, 11) is 0. The molecule has 1 aromatic heterocycles. The number of urea groups is 1. The molecule has 0 spiro atoms. The van der Waals surface area contributed by atoms with E-state index in [1.165, 1.54) is 0 Å². The molecule has 0 radical (unpaired) electrons. The van der Waals surface area contributed by atoms with Gasteiger partial charge in [-0.25, -0.2) is 9.78 Å². The zero-order valence-electron chi connectivity index (χ0n) is 14.1. The van der Waals surface area contributed by atoms with Crippen LogP contribution < -0.4 is 10.6 Å². The van der Waals surface area contributed by atoms with Crippen LogP contribution in [0.1, 0.15) is 39.5 Å². The number of unbranched alkanes of at least 4 members (excludes halogenated alkanes) is 1. The molecule has 128 valence electrons. The van der Waals surface area contributed by atoms with Crippen LogP contribution in [0, 0.1) is 11.3 Å². The maximum atomic E-state index is 12.1. The SMILES string of the molecule is CC1(C)[C@H](NC(=O)NCCCCn2ccnc2)[C@@H]2CCCO[C@@H]21.